The van der Waals surface area contributed by atoms with Crippen molar-refractivity contribution in [3.63, 3.8) is 0 Å². The van der Waals surface area contributed by atoms with Crippen molar-refractivity contribution in [1.29, 1.82) is 0 Å². The van der Waals surface area contributed by atoms with Crippen LogP contribution in [-0.2, 0) is 0 Å². The Balaban J connectivity index is 2.35. The zero-order valence-corrected chi connectivity index (χ0v) is 13.1. The summed E-state index contributed by atoms with van der Waals surface area (Å²) in [5.74, 6) is -0.348. The van der Waals surface area contributed by atoms with Gasteiger partial charge in [-0.25, -0.2) is 0 Å². The highest BCUT2D eigenvalue weighted by molar-refractivity contribution is 6.31. The summed E-state index contributed by atoms with van der Waals surface area (Å²) in [6.45, 7) is 2.75. The summed E-state index contributed by atoms with van der Waals surface area (Å²) in [6.07, 6.45) is 1.56. The molecule has 1 amide bonds. The maximum absolute atomic E-state index is 12.3. The second-order valence-electron chi connectivity index (χ2n) is 5.15. The van der Waals surface area contributed by atoms with E-state index < -0.39 is 0 Å². The van der Waals surface area contributed by atoms with Crippen molar-refractivity contribution in [1.82, 2.24) is 14.8 Å². The van der Waals surface area contributed by atoms with Gasteiger partial charge in [0.15, 0.2) is 0 Å². The number of benzene rings is 1. The highest BCUT2D eigenvalue weighted by atomic mass is 35.5. The number of hydrogen-bond donors (Lipinski definition) is 1. The van der Waals surface area contributed by atoms with Crippen LogP contribution in [0.5, 0.6) is 0 Å². The number of hydrogen-bond acceptors (Lipinski definition) is 3. The van der Waals surface area contributed by atoms with E-state index in [1.54, 1.807) is 24.4 Å². The third-order valence-corrected chi connectivity index (χ3v) is 3.43. The van der Waals surface area contributed by atoms with Crippen LogP contribution >= 0.6 is 11.6 Å². The minimum absolute atomic E-state index is 0.158. The molecule has 1 N–H and O–H groups in total. The minimum Gasteiger partial charge on any atom is -0.351 e. The molecule has 0 spiro atoms. The summed E-state index contributed by atoms with van der Waals surface area (Å²) in [6, 6.07) is 5.16. The molecule has 1 aromatic carbocycles. The van der Waals surface area contributed by atoms with Crippen LogP contribution < -0.4 is 5.32 Å². The van der Waals surface area contributed by atoms with Crippen molar-refractivity contribution in [2.75, 3.05) is 27.2 Å². The number of nitrogens with zero attached hydrogens (tertiary/aromatic N) is 2. The topological polar surface area (TPSA) is 54.3 Å². The molecule has 1 heterocycles. The number of amides is 1. The number of carbonyl (C=O) groups excluding carboxylic acids is 2. The highest BCUT2D eigenvalue weighted by Gasteiger charge is 2.16. The number of aromatic nitrogens is 1. The van der Waals surface area contributed by atoms with Gasteiger partial charge in [0.1, 0.15) is 0 Å². The van der Waals surface area contributed by atoms with Crippen molar-refractivity contribution in [3.8, 4) is 0 Å². The third-order valence-electron chi connectivity index (χ3n) is 3.20. The first-order chi connectivity index (χ1) is 9.90. The quantitative estimate of drug-likeness (QED) is 0.942. The molecule has 0 saturated carbocycles. The van der Waals surface area contributed by atoms with Crippen molar-refractivity contribution in [2.24, 2.45) is 0 Å². The van der Waals surface area contributed by atoms with Crippen LogP contribution in [0.3, 0.4) is 0 Å². The van der Waals surface area contributed by atoms with Gasteiger partial charge in [0.2, 0.25) is 5.91 Å². The lowest BCUT2D eigenvalue weighted by Crippen LogP contribution is -2.31. The van der Waals surface area contributed by atoms with Gasteiger partial charge in [0.05, 0.1) is 11.1 Å². The van der Waals surface area contributed by atoms with Crippen molar-refractivity contribution in [2.45, 2.75) is 6.92 Å². The number of nitrogens with one attached hydrogen (secondary N) is 1. The van der Waals surface area contributed by atoms with Crippen molar-refractivity contribution in [3.05, 3.63) is 35.0 Å². The van der Waals surface area contributed by atoms with Crippen LogP contribution in [-0.4, -0.2) is 48.5 Å². The molecular formula is C15H18ClN3O2. The number of likely N-dealkylation sites (N-methyl/N-ethyl adjacent to an activating group) is 1. The first-order valence-electron chi connectivity index (χ1n) is 6.64. The molecule has 0 saturated heterocycles. The molecule has 0 aliphatic carbocycles. The molecule has 0 aliphatic heterocycles. The summed E-state index contributed by atoms with van der Waals surface area (Å²) in [7, 11) is 3.88. The SMILES string of the molecule is CC(=O)n1cc(C(=O)NCCN(C)C)c2ccc(Cl)cc21. The first kappa shape index (κ1) is 15.5. The van der Waals surface area contributed by atoms with E-state index in [-0.39, 0.29) is 11.8 Å². The van der Waals surface area contributed by atoms with Crippen molar-refractivity contribution < 1.29 is 9.59 Å². The second kappa shape index (κ2) is 6.28. The first-order valence-corrected chi connectivity index (χ1v) is 7.02. The maximum Gasteiger partial charge on any atom is 0.253 e. The second-order valence-corrected chi connectivity index (χ2v) is 5.59. The maximum atomic E-state index is 12.3. The Bertz CT molecular complexity index is 692. The molecule has 0 radical (unpaired) electrons. The molecule has 5 nitrogen and oxygen atoms in total. The Labute approximate surface area is 128 Å². The number of halogens is 1. The molecule has 2 aromatic rings. The smallest absolute Gasteiger partial charge is 0.253 e. The number of rotatable bonds is 4. The summed E-state index contributed by atoms with van der Waals surface area (Å²) in [5, 5.41) is 4.10. The molecule has 112 valence electrons. The largest absolute Gasteiger partial charge is 0.351 e. The van der Waals surface area contributed by atoms with Crippen LogP contribution in [0.4, 0.5) is 0 Å². The van der Waals surface area contributed by atoms with Gasteiger partial charge in [-0.1, -0.05) is 17.7 Å². The van der Waals surface area contributed by atoms with Gasteiger partial charge < -0.3 is 10.2 Å². The van der Waals surface area contributed by atoms with Gasteiger partial charge in [0, 0.05) is 36.6 Å². The Morgan fingerprint density at radius 2 is 2.05 bits per heavy atom. The Morgan fingerprint density at radius 3 is 2.67 bits per heavy atom. The molecule has 0 atom stereocenters. The Kier molecular flexibility index (Phi) is 4.65. The Morgan fingerprint density at radius 1 is 1.33 bits per heavy atom. The number of fused-ring (bicyclic) bond motifs is 1. The minimum atomic E-state index is -0.191. The molecule has 0 fully saturated rings. The van der Waals surface area contributed by atoms with Crippen LogP contribution in [0.2, 0.25) is 5.02 Å². The fraction of sp³-hybridized carbons (Fsp3) is 0.333. The third kappa shape index (κ3) is 3.43. The molecule has 0 unspecified atom stereocenters. The fourth-order valence-electron chi connectivity index (χ4n) is 2.13. The van der Waals surface area contributed by atoms with Gasteiger partial charge >= 0.3 is 0 Å². The molecule has 0 aliphatic rings. The lowest BCUT2D eigenvalue weighted by Gasteiger charge is -2.09. The zero-order chi connectivity index (χ0) is 15.6. The van der Waals surface area contributed by atoms with Crippen molar-refractivity contribution >= 4 is 34.3 Å². The lowest BCUT2D eigenvalue weighted by molar-refractivity contribution is 0.0941. The summed E-state index contributed by atoms with van der Waals surface area (Å²) < 4.78 is 1.45. The van der Waals surface area contributed by atoms with Gasteiger partial charge in [-0.2, -0.15) is 0 Å². The van der Waals surface area contributed by atoms with Crippen LogP contribution in [0.15, 0.2) is 24.4 Å². The summed E-state index contributed by atoms with van der Waals surface area (Å²) in [5.41, 5.74) is 1.13. The summed E-state index contributed by atoms with van der Waals surface area (Å²) >= 11 is 5.97. The molecule has 0 bridgehead atoms. The van der Waals surface area contributed by atoms with E-state index in [0.29, 0.717) is 22.6 Å². The molecule has 2 rings (SSSR count). The predicted octanol–water partition coefficient (Wildman–Crippen LogP) is 2.25. The Hall–Kier alpha value is -1.85. The normalized spacial score (nSPS) is 11.1. The van der Waals surface area contributed by atoms with E-state index in [1.807, 2.05) is 19.0 Å². The standard InChI is InChI=1S/C15H18ClN3O2/c1-10(20)19-9-13(15(21)17-6-7-18(2)3)12-5-4-11(16)8-14(12)19/h4-5,8-9H,6-7H2,1-3H3,(H,17,21). The van der Waals surface area contributed by atoms with Crippen LogP contribution in [0.25, 0.3) is 10.9 Å². The van der Waals surface area contributed by atoms with E-state index >= 15 is 0 Å². The molecule has 21 heavy (non-hydrogen) atoms. The van der Waals surface area contributed by atoms with E-state index in [2.05, 4.69) is 5.32 Å². The van der Waals surface area contributed by atoms with Gasteiger partial charge in [-0.15, -0.1) is 0 Å². The molecule has 1 aromatic heterocycles. The monoisotopic (exact) mass is 307 g/mol. The van der Waals surface area contributed by atoms with Gasteiger partial charge in [0.25, 0.3) is 5.91 Å². The zero-order valence-electron chi connectivity index (χ0n) is 12.3. The van der Waals surface area contributed by atoms with Crippen LogP contribution in [0.1, 0.15) is 22.1 Å². The van der Waals surface area contributed by atoms with E-state index in [1.165, 1.54) is 11.5 Å². The van der Waals surface area contributed by atoms with Gasteiger partial charge in [-0.05, 0) is 26.2 Å². The predicted molar refractivity (Wildman–Crippen MR) is 84.1 cm³/mol. The summed E-state index contributed by atoms with van der Waals surface area (Å²) in [4.78, 5) is 26.0. The fourth-order valence-corrected chi connectivity index (χ4v) is 2.30. The van der Waals surface area contributed by atoms with E-state index in [9.17, 15) is 9.59 Å². The van der Waals surface area contributed by atoms with E-state index in [4.69, 9.17) is 11.6 Å². The van der Waals surface area contributed by atoms with Gasteiger partial charge in [-0.3, -0.25) is 14.2 Å². The molecular weight excluding hydrogens is 290 g/mol. The highest BCUT2D eigenvalue weighted by Crippen LogP contribution is 2.24. The average Bonchev–Trinajstić information content (AvgIpc) is 2.76. The van der Waals surface area contributed by atoms with Crippen LogP contribution in [0, 0.1) is 0 Å². The lowest BCUT2D eigenvalue weighted by atomic mass is 10.1. The average molecular weight is 308 g/mol. The number of carbonyl (C=O) groups is 2. The van der Waals surface area contributed by atoms with E-state index in [0.717, 1.165) is 11.9 Å². The molecule has 6 heteroatoms.